The highest BCUT2D eigenvalue weighted by atomic mass is 16.2. The summed E-state index contributed by atoms with van der Waals surface area (Å²) in [5.41, 5.74) is 3.44. The first kappa shape index (κ1) is 11.1. The van der Waals surface area contributed by atoms with Crippen LogP contribution in [-0.4, -0.2) is 17.7 Å². The van der Waals surface area contributed by atoms with E-state index in [4.69, 9.17) is 0 Å². The van der Waals surface area contributed by atoms with Crippen molar-refractivity contribution >= 4 is 18.8 Å². The van der Waals surface area contributed by atoms with Gasteiger partial charge in [-0.2, -0.15) is 0 Å². The molecule has 1 aliphatic rings. The number of amides is 1. The molecule has 1 amide bonds. The van der Waals surface area contributed by atoms with Crippen molar-refractivity contribution in [3.63, 3.8) is 0 Å². The third-order valence-electron chi connectivity index (χ3n) is 3.47. The monoisotopic (exact) mass is 238 g/mol. The van der Waals surface area contributed by atoms with Crippen molar-refractivity contribution < 1.29 is 4.79 Å². The molecule has 3 nitrogen and oxygen atoms in total. The van der Waals surface area contributed by atoms with Crippen molar-refractivity contribution in [2.24, 2.45) is 0 Å². The zero-order chi connectivity index (χ0) is 12.5. The van der Waals surface area contributed by atoms with Crippen LogP contribution in [0.25, 0.3) is 0 Å². The highest BCUT2D eigenvalue weighted by Gasteiger charge is 2.22. The Kier molecular flexibility index (Phi) is 2.71. The average Bonchev–Trinajstić information content (AvgIpc) is 2.77. The maximum atomic E-state index is 12.1. The zero-order valence-electron chi connectivity index (χ0n) is 10.5. The third kappa shape index (κ3) is 1.74. The number of aromatic nitrogens is 1. The molecule has 2 aromatic rings. The lowest BCUT2D eigenvalue weighted by Gasteiger charge is -2.22. The smallest absolute Gasteiger partial charge is 0.231 e. The molecule has 1 aromatic heterocycles. The molecule has 0 aliphatic carbocycles. The molecule has 0 unspecified atom stereocenters. The minimum Gasteiger partial charge on any atom is -0.345 e. The number of rotatable bonds is 1. The van der Waals surface area contributed by atoms with E-state index in [1.807, 2.05) is 36.0 Å². The summed E-state index contributed by atoms with van der Waals surface area (Å²) < 4.78 is 2.21. The summed E-state index contributed by atoms with van der Waals surface area (Å²) in [6.45, 7) is 3.41. The predicted octanol–water partition coefficient (Wildman–Crippen LogP) is 2.46. The van der Waals surface area contributed by atoms with E-state index in [0.29, 0.717) is 13.8 Å². The van der Waals surface area contributed by atoms with Crippen LogP contribution in [0, 0.1) is 0 Å². The number of hydrogen-bond acceptors (Lipinski definition) is 1. The van der Waals surface area contributed by atoms with E-state index in [-0.39, 0.29) is 5.81 Å². The van der Waals surface area contributed by atoms with E-state index < -0.39 is 0 Å². The summed E-state index contributed by atoms with van der Waals surface area (Å²) in [7, 11) is 0.537. The largest absolute Gasteiger partial charge is 0.345 e. The van der Waals surface area contributed by atoms with Gasteiger partial charge in [0.1, 0.15) is 0 Å². The van der Waals surface area contributed by atoms with Gasteiger partial charge in [-0.05, 0) is 23.8 Å². The quantitative estimate of drug-likeness (QED) is 0.700. The number of anilines is 1. The van der Waals surface area contributed by atoms with Crippen LogP contribution in [0.3, 0.4) is 0 Å². The number of hydrogen-bond donors (Lipinski definition) is 0. The molecule has 1 aliphatic heterocycles. The second-order valence-electron chi connectivity index (χ2n) is 4.59. The van der Waals surface area contributed by atoms with Gasteiger partial charge in [-0.25, -0.2) is 0 Å². The zero-order valence-corrected chi connectivity index (χ0v) is 10.5. The molecule has 0 saturated heterocycles. The summed E-state index contributed by atoms with van der Waals surface area (Å²) in [5, 5.41) is 0. The average molecular weight is 238 g/mol. The van der Waals surface area contributed by atoms with Crippen molar-refractivity contribution in [3.05, 3.63) is 53.9 Å². The van der Waals surface area contributed by atoms with Crippen LogP contribution in [0.15, 0.2) is 42.6 Å². The van der Waals surface area contributed by atoms with Crippen LogP contribution in [0.5, 0.6) is 0 Å². The Morgan fingerprint density at radius 2 is 2.00 bits per heavy atom. The molecule has 1 aromatic carbocycles. The number of fused-ring (bicyclic) bond motifs is 2. The Bertz CT molecular complexity index is 591. The van der Waals surface area contributed by atoms with E-state index in [9.17, 15) is 4.79 Å². The van der Waals surface area contributed by atoms with Crippen LogP contribution in [0.2, 0.25) is 6.82 Å². The fraction of sp³-hybridized carbons (Fsp3) is 0.214. The van der Waals surface area contributed by atoms with Crippen molar-refractivity contribution in [3.8, 4) is 0 Å². The Hall–Kier alpha value is -1.97. The number of carbonyl (C=O) groups excluding carboxylic acids is 1. The van der Waals surface area contributed by atoms with Gasteiger partial charge in [-0.15, -0.1) is 0 Å². The molecule has 3 rings (SSSR count). The highest BCUT2D eigenvalue weighted by molar-refractivity contribution is 6.74. The van der Waals surface area contributed by atoms with Crippen LogP contribution in [0.1, 0.15) is 11.3 Å². The van der Waals surface area contributed by atoms with Crippen molar-refractivity contribution in [2.75, 3.05) is 4.90 Å². The molecular formula is C14H15BN2O. The molecule has 0 atom stereocenters. The Labute approximate surface area is 107 Å². The summed E-state index contributed by atoms with van der Waals surface area (Å²) in [5.74, 6) is 0.178. The van der Waals surface area contributed by atoms with Crippen LogP contribution in [0.4, 0.5) is 10.5 Å². The first-order valence-corrected chi connectivity index (χ1v) is 6.32. The third-order valence-corrected chi connectivity index (χ3v) is 3.47. The van der Waals surface area contributed by atoms with Gasteiger partial charge in [0.2, 0.25) is 7.28 Å². The molecular weight excluding hydrogens is 223 g/mol. The first-order valence-electron chi connectivity index (χ1n) is 6.32. The van der Waals surface area contributed by atoms with Gasteiger partial charge in [-0.1, -0.05) is 25.0 Å². The number of para-hydroxylation sites is 1. The lowest BCUT2D eigenvalue weighted by atomic mass is 9.80. The Morgan fingerprint density at radius 3 is 2.83 bits per heavy atom. The molecule has 0 bridgehead atoms. The van der Waals surface area contributed by atoms with Crippen LogP contribution in [-0.2, 0) is 13.1 Å². The summed E-state index contributed by atoms with van der Waals surface area (Å²) in [6, 6.07) is 12.3. The van der Waals surface area contributed by atoms with Gasteiger partial charge in [0, 0.05) is 24.1 Å². The maximum Gasteiger partial charge on any atom is 0.231 e. The second kappa shape index (κ2) is 4.37. The van der Waals surface area contributed by atoms with E-state index in [2.05, 4.69) is 22.9 Å². The molecule has 0 fully saturated rings. The van der Waals surface area contributed by atoms with E-state index >= 15 is 0 Å². The maximum absolute atomic E-state index is 12.1. The van der Waals surface area contributed by atoms with Gasteiger partial charge < -0.3 is 9.47 Å². The predicted molar refractivity (Wildman–Crippen MR) is 74.6 cm³/mol. The van der Waals surface area contributed by atoms with E-state index in [0.717, 1.165) is 12.2 Å². The summed E-state index contributed by atoms with van der Waals surface area (Å²) >= 11 is 0. The summed E-state index contributed by atoms with van der Waals surface area (Å²) in [4.78, 5) is 14.0. The number of carbonyl (C=O) groups is 1. The first-order chi connectivity index (χ1) is 8.79. The van der Waals surface area contributed by atoms with Crippen LogP contribution < -0.4 is 4.90 Å². The van der Waals surface area contributed by atoms with E-state index in [1.54, 1.807) is 0 Å². The minimum atomic E-state index is 0.178. The number of nitrogens with zero attached hydrogens (tertiary/aromatic N) is 2. The minimum absolute atomic E-state index is 0.178. The molecule has 18 heavy (non-hydrogen) atoms. The Morgan fingerprint density at radius 1 is 1.17 bits per heavy atom. The lowest BCUT2D eigenvalue weighted by Crippen LogP contribution is -2.32. The lowest BCUT2D eigenvalue weighted by molar-refractivity contribution is 0.263. The van der Waals surface area contributed by atoms with Gasteiger partial charge in [-0.3, -0.25) is 4.79 Å². The van der Waals surface area contributed by atoms with Crippen molar-refractivity contribution in [1.82, 2.24) is 4.57 Å². The van der Waals surface area contributed by atoms with Crippen molar-refractivity contribution in [2.45, 2.75) is 19.9 Å². The van der Waals surface area contributed by atoms with Gasteiger partial charge >= 0.3 is 0 Å². The number of benzene rings is 1. The van der Waals surface area contributed by atoms with Gasteiger partial charge in [0.15, 0.2) is 5.81 Å². The highest BCUT2D eigenvalue weighted by Crippen LogP contribution is 2.27. The standard InChI is InChI=1S/C14H15BN2O/c1-15-14(18)17-10-12-6-4-8-16(12)9-11-5-2-3-7-13(11)17/h2-8,15H,9-10H2,1H3. The Balaban J connectivity index is 2.12. The van der Waals surface area contributed by atoms with Gasteiger partial charge in [0.25, 0.3) is 0 Å². The van der Waals surface area contributed by atoms with E-state index in [1.165, 1.54) is 11.3 Å². The van der Waals surface area contributed by atoms with Gasteiger partial charge in [0.05, 0.1) is 6.54 Å². The molecule has 0 radical (unpaired) electrons. The summed E-state index contributed by atoms with van der Waals surface area (Å²) in [6.07, 6.45) is 2.08. The molecule has 0 spiro atoms. The molecule has 2 heterocycles. The molecule has 4 heteroatoms. The van der Waals surface area contributed by atoms with Crippen molar-refractivity contribution in [1.29, 1.82) is 0 Å². The molecule has 0 N–H and O–H groups in total. The normalized spacial score (nSPS) is 13.5. The van der Waals surface area contributed by atoms with Crippen LogP contribution >= 0.6 is 0 Å². The second-order valence-corrected chi connectivity index (χ2v) is 4.59. The fourth-order valence-corrected chi connectivity index (χ4v) is 2.50. The fourth-order valence-electron chi connectivity index (χ4n) is 2.50. The molecule has 90 valence electrons. The SMILES string of the molecule is CBC(=O)N1Cc2cccn2Cc2ccccc21. The topological polar surface area (TPSA) is 25.2 Å². The molecule has 0 saturated carbocycles.